The average Bonchev–Trinajstić information content (AvgIpc) is 1.95. The maximum Gasteiger partial charge on any atom is 0.404 e. The van der Waals surface area contributed by atoms with Crippen LogP contribution in [0.1, 0.15) is 12.8 Å². The molecule has 0 rings (SSSR count). The van der Waals surface area contributed by atoms with E-state index in [9.17, 15) is 18.0 Å². The summed E-state index contributed by atoms with van der Waals surface area (Å²) < 4.78 is 34.9. The first-order chi connectivity index (χ1) is 5.85. The summed E-state index contributed by atoms with van der Waals surface area (Å²) in [6, 6.07) is -1.06. The van der Waals surface area contributed by atoms with Crippen LogP contribution in [0.2, 0.25) is 0 Å². The predicted octanol–water partition coefficient (Wildman–Crippen LogP) is 0.957. The fraction of sp³-hybridized carbons (Fsp3) is 0.833. The Balaban J connectivity index is 3.79. The van der Waals surface area contributed by atoms with E-state index in [4.69, 9.17) is 10.2 Å². The van der Waals surface area contributed by atoms with E-state index in [0.29, 0.717) is 0 Å². The highest BCUT2D eigenvalue weighted by atomic mass is 19.4. The topological polar surface area (TPSA) is 69.6 Å². The summed E-state index contributed by atoms with van der Waals surface area (Å²) in [4.78, 5) is 9.99. The van der Waals surface area contributed by atoms with Crippen LogP contribution in [0.4, 0.5) is 18.0 Å². The van der Waals surface area contributed by atoms with Crippen molar-refractivity contribution < 1.29 is 28.2 Å². The molecule has 78 valence electrons. The van der Waals surface area contributed by atoms with Crippen LogP contribution < -0.4 is 5.32 Å². The number of aliphatic hydroxyl groups is 1. The minimum absolute atomic E-state index is 0.452. The van der Waals surface area contributed by atoms with Crippen LogP contribution in [0.3, 0.4) is 0 Å². The molecule has 7 heteroatoms. The number of amides is 1. The van der Waals surface area contributed by atoms with Crippen molar-refractivity contribution in [2.45, 2.75) is 25.1 Å². The van der Waals surface area contributed by atoms with E-state index < -0.39 is 37.8 Å². The highest BCUT2D eigenvalue weighted by molar-refractivity contribution is 5.64. The number of carbonyl (C=O) groups is 1. The van der Waals surface area contributed by atoms with E-state index >= 15 is 0 Å². The maximum absolute atomic E-state index is 11.6. The van der Waals surface area contributed by atoms with Crippen molar-refractivity contribution in [3.63, 3.8) is 0 Å². The fourth-order valence-electron chi connectivity index (χ4n) is 0.722. The molecule has 0 aromatic heterocycles. The number of carboxylic acid groups (broad SMARTS) is 1. The Kier molecular flexibility index (Phi) is 4.53. The summed E-state index contributed by atoms with van der Waals surface area (Å²) in [5.74, 6) is 0. The summed E-state index contributed by atoms with van der Waals surface area (Å²) in [6.45, 7) is -0.637. The highest BCUT2D eigenvalue weighted by Gasteiger charge is 2.28. The lowest BCUT2D eigenvalue weighted by atomic mass is 10.1. The van der Waals surface area contributed by atoms with Crippen LogP contribution in [0.5, 0.6) is 0 Å². The Morgan fingerprint density at radius 3 is 2.31 bits per heavy atom. The molecule has 13 heavy (non-hydrogen) atoms. The molecule has 0 saturated carbocycles. The van der Waals surface area contributed by atoms with E-state index in [2.05, 4.69) is 0 Å². The monoisotopic (exact) mass is 201 g/mol. The molecule has 0 aromatic rings. The minimum Gasteiger partial charge on any atom is -0.465 e. The van der Waals surface area contributed by atoms with Crippen molar-refractivity contribution in [3.05, 3.63) is 0 Å². The molecule has 0 fully saturated rings. The van der Waals surface area contributed by atoms with Crippen LogP contribution in [0, 0.1) is 0 Å². The Hall–Kier alpha value is -0.980. The first-order valence-corrected chi connectivity index (χ1v) is 3.52. The molecule has 1 amide bonds. The molecule has 0 heterocycles. The standard InChI is InChI=1S/C6H10F3NO3/c7-6(8,9)2-1-4(3-11)10-5(12)13/h4,10-11H,1-3H2,(H,12,13). The number of halogens is 3. The van der Waals surface area contributed by atoms with Crippen LogP contribution >= 0.6 is 0 Å². The Bertz CT molecular complexity index is 171. The lowest BCUT2D eigenvalue weighted by Gasteiger charge is -2.14. The number of hydrogen-bond donors (Lipinski definition) is 3. The molecule has 1 atom stereocenters. The zero-order chi connectivity index (χ0) is 10.5. The second-order valence-corrected chi connectivity index (χ2v) is 2.48. The van der Waals surface area contributed by atoms with Gasteiger partial charge in [-0.25, -0.2) is 4.79 Å². The van der Waals surface area contributed by atoms with Gasteiger partial charge >= 0.3 is 12.3 Å². The lowest BCUT2D eigenvalue weighted by Crippen LogP contribution is -2.37. The number of aliphatic hydroxyl groups excluding tert-OH is 1. The predicted molar refractivity (Wildman–Crippen MR) is 37.3 cm³/mol. The molecule has 1 unspecified atom stereocenters. The smallest absolute Gasteiger partial charge is 0.404 e. The molecule has 0 aliphatic rings. The summed E-state index contributed by atoms with van der Waals surface area (Å²) in [5, 5.41) is 18.4. The zero-order valence-electron chi connectivity index (χ0n) is 6.64. The van der Waals surface area contributed by atoms with Crippen molar-refractivity contribution in [2.75, 3.05) is 6.61 Å². The minimum atomic E-state index is -4.33. The SMILES string of the molecule is O=C(O)NC(CO)CCC(F)(F)F. The summed E-state index contributed by atoms with van der Waals surface area (Å²) in [5.41, 5.74) is 0. The van der Waals surface area contributed by atoms with Crippen LogP contribution in [-0.2, 0) is 0 Å². The number of rotatable bonds is 4. The summed E-state index contributed by atoms with van der Waals surface area (Å²) >= 11 is 0. The molecule has 0 spiro atoms. The van der Waals surface area contributed by atoms with Gasteiger partial charge in [0.15, 0.2) is 0 Å². The third kappa shape index (κ3) is 7.38. The average molecular weight is 201 g/mol. The molecule has 4 nitrogen and oxygen atoms in total. The number of hydrogen-bond acceptors (Lipinski definition) is 2. The van der Waals surface area contributed by atoms with Crippen LogP contribution in [0.25, 0.3) is 0 Å². The van der Waals surface area contributed by atoms with Gasteiger partial charge in [0.1, 0.15) is 0 Å². The van der Waals surface area contributed by atoms with E-state index in [1.165, 1.54) is 0 Å². The van der Waals surface area contributed by atoms with Crippen LogP contribution in [0.15, 0.2) is 0 Å². The molecule has 0 aromatic carbocycles. The zero-order valence-corrected chi connectivity index (χ0v) is 6.64. The van der Waals surface area contributed by atoms with E-state index in [0.717, 1.165) is 0 Å². The normalized spacial score (nSPS) is 13.8. The van der Waals surface area contributed by atoms with Gasteiger partial charge in [-0.05, 0) is 6.42 Å². The quantitative estimate of drug-likeness (QED) is 0.634. The van der Waals surface area contributed by atoms with Crippen molar-refractivity contribution in [3.8, 4) is 0 Å². The highest BCUT2D eigenvalue weighted by Crippen LogP contribution is 2.22. The molecule has 0 aliphatic heterocycles. The molecule has 0 bridgehead atoms. The van der Waals surface area contributed by atoms with Gasteiger partial charge in [-0.2, -0.15) is 13.2 Å². The number of nitrogens with one attached hydrogen (secondary N) is 1. The summed E-state index contributed by atoms with van der Waals surface area (Å²) in [7, 11) is 0. The Labute approximate surface area is 72.4 Å². The molecular weight excluding hydrogens is 191 g/mol. The van der Waals surface area contributed by atoms with Gasteiger partial charge < -0.3 is 15.5 Å². The first-order valence-electron chi connectivity index (χ1n) is 3.52. The molecule has 0 radical (unpaired) electrons. The maximum atomic E-state index is 11.6. The van der Waals surface area contributed by atoms with Crippen molar-refractivity contribution in [1.29, 1.82) is 0 Å². The van der Waals surface area contributed by atoms with E-state index in [1.54, 1.807) is 5.32 Å². The Morgan fingerprint density at radius 2 is 2.00 bits per heavy atom. The third-order valence-corrected chi connectivity index (χ3v) is 1.32. The van der Waals surface area contributed by atoms with Gasteiger partial charge in [-0.15, -0.1) is 0 Å². The molecule has 0 saturated heterocycles. The van der Waals surface area contributed by atoms with Gasteiger partial charge in [-0.1, -0.05) is 0 Å². The van der Waals surface area contributed by atoms with Gasteiger partial charge in [0.25, 0.3) is 0 Å². The molecular formula is C6H10F3NO3. The second-order valence-electron chi connectivity index (χ2n) is 2.48. The Morgan fingerprint density at radius 1 is 1.46 bits per heavy atom. The lowest BCUT2D eigenvalue weighted by molar-refractivity contribution is -0.137. The van der Waals surface area contributed by atoms with Gasteiger partial charge in [-0.3, -0.25) is 0 Å². The van der Waals surface area contributed by atoms with Crippen LogP contribution in [-0.4, -0.2) is 35.1 Å². The summed E-state index contributed by atoms with van der Waals surface area (Å²) in [6.07, 6.45) is -7.33. The van der Waals surface area contributed by atoms with Crippen molar-refractivity contribution in [1.82, 2.24) is 5.32 Å². The largest absolute Gasteiger partial charge is 0.465 e. The molecule has 3 N–H and O–H groups in total. The van der Waals surface area contributed by atoms with Gasteiger partial charge in [0.05, 0.1) is 12.6 Å². The van der Waals surface area contributed by atoms with Crippen molar-refractivity contribution in [2.24, 2.45) is 0 Å². The van der Waals surface area contributed by atoms with E-state index in [1.807, 2.05) is 0 Å². The van der Waals surface area contributed by atoms with E-state index in [-0.39, 0.29) is 0 Å². The third-order valence-electron chi connectivity index (χ3n) is 1.32. The first kappa shape index (κ1) is 12.0. The van der Waals surface area contributed by atoms with Gasteiger partial charge in [0.2, 0.25) is 0 Å². The van der Waals surface area contributed by atoms with Gasteiger partial charge in [0, 0.05) is 6.42 Å². The molecule has 0 aliphatic carbocycles. The second kappa shape index (κ2) is 4.90. The fourth-order valence-corrected chi connectivity index (χ4v) is 0.722. The van der Waals surface area contributed by atoms with Crippen molar-refractivity contribution >= 4 is 6.09 Å². The number of alkyl halides is 3.